The van der Waals surface area contributed by atoms with Gasteiger partial charge in [0.1, 0.15) is 11.3 Å². The molecule has 0 spiro atoms. The first kappa shape index (κ1) is 31.1. The van der Waals surface area contributed by atoms with Crippen LogP contribution in [0, 0.1) is 0 Å². The van der Waals surface area contributed by atoms with Gasteiger partial charge in [-0.05, 0) is 99.1 Å². The van der Waals surface area contributed by atoms with E-state index in [9.17, 15) is 0 Å². The zero-order valence-electron chi connectivity index (χ0n) is 28.6. The van der Waals surface area contributed by atoms with Crippen molar-refractivity contribution in [3.8, 4) is 55.8 Å². The summed E-state index contributed by atoms with van der Waals surface area (Å²) < 4.78 is 6.34. The van der Waals surface area contributed by atoms with Crippen molar-refractivity contribution < 1.29 is 4.42 Å². The van der Waals surface area contributed by atoms with E-state index in [2.05, 4.69) is 199 Å². The second-order valence-electron chi connectivity index (χ2n) is 13.0. The van der Waals surface area contributed by atoms with Crippen molar-refractivity contribution >= 4 is 28.0 Å². The van der Waals surface area contributed by atoms with Crippen LogP contribution in [0.15, 0.2) is 217 Å². The second-order valence-corrected chi connectivity index (χ2v) is 13.0. The third-order valence-corrected chi connectivity index (χ3v) is 9.66. The minimum atomic E-state index is 0.848. The zero-order valence-corrected chi connectivity index (χ0v) is 28.6. The Kier molecular flexibility index (Phi) is 8.24. The molecule has 2 nitrogen and oxygen atoms in total. The van der Waals surface area contributed by atoms with Crippen molar-refractivity contribution in [3.63, 3.8) is 0 Å². The quantitative estimate of drug-likeness (QED) is 0.161. The van der Waals surface area contributed by atoms with Crippen LogP contribution in [0.2, 0.25) is 0 Å². The summed E-state index contributed by atoms with van der Waals surface area (Å²) in [5, 5.41) is 1.09. The topological polar surface area (TPSA) is 16.4 Å². The third-order valence-electron chi connectivity index (χ3n) is 9.66. The molecule has 0 atom stereocenters. The van der Waals surface area contributed by atoms with Gasteiger partial charge in [0.2, 0.25) is 0 Å². The lowest BCUT2D eigenvalue weighted by Gasteiger charge is -2.27. The minimum absolute atomic E-state index is 0.848. The number of fused-ring (bicyclic) bond motifs is 1. The van der Waals surface area contributed by atoms with E-state index in [1.807, 2.05) is 18.2 Å². The molecule has 52 heavy (non-hydrogen) atoms. The summed E-state index contributed by atoms with van der Waals surface area (Å²) in [5.74, 6) is 0.848. The number of hydrogen-bond donors (Lipinski definition) is 0. The fourth-order valence-electron chi connectivity index (χ4n) is 6.99. The van der Waals surface area contributed by atoms with E-state index in [1.165, 1.54) is 33.4 Å². The zero-order chi connectivity index (χ0) is 34.7. The molecular weight excluding hydrogens is 631 g/mol. The molecule has 0 amide bonds. The summed E-state index contributed by atoms with van der Waals surface area (Å²) in [5.41, 5.74) is 14.5. The fourth-order valence-corrected chi connectivity index (χ4v) is 6.99. The Morgan fingerprint density at radius 3 is 1.27 bits per heavy atom. The normalized spacial score (nSPS) is 11.1. The number of hydrogen-bond acceptors (Lipinski definition) is 2. The standard InChI is InChI=1S/C50H35NO/c1-4-13-36(14-5-1)39-23-25-40(26-24-39)41-27-29-46(30-28-41)51(47-21-12-20-42(32-47)50-35-43-19-10-11-22-49(43)52-50)48-33-44(37-15-6-2-7-16-37)31-45(34-48)38-17-8-3-9-18-38/h1-35H. The van der Waals surface area contributed by atoms with Gasteiger partial charge >= 0.3 is 0 Å². The molecule has 1 aromatic heterocycles. The monoisotopic (exact) mass is 665 g/mol. The summed E-state index contributed by atoms with van der Waals surface area (Å²) in [6.45, 7) is 0. The number of benzene rings is 8. The predicted octanol–water partition coefficient (Wildman–Crippen LogP) is 14.2. The van der Waals surface area contributed by atoms with Crippen molar-refractivity contribution in [3.05, 3.63) is 212 Å². The van der Waals surface area contributed by atoms with E-state index < -0.39 is 0 Å². The first-order chi connectivity index (χ1) is 25.7. The maximum atomic E-state index is 6.34. The number of furan rings is 1. The lowest BCUT2D eigenvalue weighted by molar-refractivity contribution is 0.631. The predicted molar refractivity (Wildman–Crippen MR) is 218 cm³/mol. The molecule has 2 heteroatoms. The lowest BCUT2D eigenvalue weighted by atomic mass is 9.97. The average Bonchev–Trinajstić information content (AvgIpc) is 3.67. The lowest BCUT2D eigenvalue weighted by Crippen LogP contribution is -2.10. The van der Waals surface area contributed by atoms with Gasteiger partial charge in [-0.2, -0.15) is 0 Å². The highest BCUT2D eigenvalue weighted by atomic mass is 16.3. The Labute approximate surface area is 304 Å². The van der Waals surface area contributed by atoms with Gasteiger partial charge in [0.15, 0.2) is 0 Å². The molecule has 0 aliphatic rings. The van der Waals surface area contributed by atoms with Gasteiger partial charge < -0.3 is 9.32 Å². The Morgan fingerprint density at radius 1 is 0.269 bits per heavy atom. The van der Waals surface area contributed by atoms with Gasteiger partial charge in [-0.15, -0.1) is 0 Å². The van der Waals surface area contributed by atoms with Crippen molar-refractivity contribution in [1.82, 2.24) is 0 Å². The van der Waals surface area contributed by atoms with Crippen LogP contribution in [0.25, 0.3) is 66.8 Å². The molecule has 246 valence electrons. The number of rotatable bonds is 8. The molecule has 9 aromatic rings. The van der Waals surface area contributed by atoms with Crippen LogP contribution in [0.1, 0.15) is 0 Å². The Bertz CT molecular complexity index is 2500. The summed E-state index contributed by atoms with van der Waals surface area (Å²) in [6, 6.07) is 75.3. The van der Waals surface area contributed by atoms with Crippen LogP contribution < -0.4 is 4.90 Å². The van der Waals surface area contributed by atoms with Crippen LogP contribution in [0.3, 0.4) is 0 Å². The maximum Gasteiger partial charge on any atom is 0.135 e. The summed E-state index contributed by atoms with van der Waals surface area (Å²) in [6.07, 6.45) is 0. The van der Waals surface area contributed by atoms with E-state index in [-0.39, 0.29) is 0 Å². The molecule has 0 unspecified atom stereocenters. The summed E-state index contributed by atoms with van der Waals surface area (Å²) in [7, 11) is 0. The SMILES string of the molecule is c1ccc(-c2ccc(-c3ccc(N(c4cc(-c5ccccc5)cc(-c5ccccc5)c4)c4cccc(-c5cc6ccccc6o5)c4)cc3)cc2)cc1. The molecule has 0 radical (unpaired) electrons. The third kappa shape index (κ3) is 6.30. The van der Waals surface area contributed by atoms with Gasteiger partial charge in [-0.3, -0.25) is 0 Å². The molecule has 8 aromatic carbocycles. The first-order valence-corrected chi connectivity index (χ1v) is 17.7. The molecule has 0 saturated heterocycles. The second kappa shape index (κ2) is 13.8. The molecule has 0 aliphatic carbocycles. The van der Waals surface area contributed by atoms with Gasteiger partial charge in [-0.1, -0.05) is 158 Å². The Balaban J connectivity index is 1.17. The number of para-hydroxylation sites is 1. The van der Waals surface area contributed by atoms with E-state index in [1.54, 1.807) is 0 Å². The summed E-state index contributed by atoms with van der Waals surface area (Å²) in [4.78, 5) is 2.35. The largest absolute Gasteiger partial charge is 0.456 e. The van der Waals surface area contributed by atoms with Crippen molar-refractivity contribution in [2.75, 3.05) is 4.90 Å². The maximum absolute atomic E-state index is 6.34. The Hall–Kier alpha value is -6.90. The molecule has 9 rings (SSSR count). The average molecular weight is 666 g/mol. The minimum Gasteiger partial charge on any atom is -0.456 e. The highest BCUT2D eigenvalue weighted by Gasteiger charge is 2.18. The summed E-state index contributed by atoms with van der Waals surface area (Å²) >= 11 is 0. The molecule has 0 saturated carbocycles. The van der Waals surface area contributed by atoms with Crippen LogP contribution in [0.4, 0.5) is 17.1 Å². The van der Waals surface area contributed by atoms with Crippen LogP contribution in [-0.4, -0.2) is 0 Å². The van der Waals surface area contributed by atoms with Crippen molar-refractivity contribution in [1.29, 1.82) is 0 Å². The molecule has 1 heterocycles. The fraction of sp³-hybridized carbons (Fsp3) is 0. The van der Waals surface area contributed by atoms with E-state index in [4.69, 9.17) is 4.42 Å². The van der Waals surface area contributed by atoms with Gasteiger partial charge in [0.05, 0.1) is 0 Å². The first-order valence-electron chi connectivity index (χ1n) is 17.7. The van der Waals surface area contributed by atoms with E-state index >= 15 is 0 Å². The highest BCUT2D eigenvalue weighted by molar-refractivity contribution is 5.88. The molecule has 0 aliphatic heterocycles. The highest BCUT2D eigenvalue weighted by Crippen LogP contribution is 2.42. The van der Waals surface area contributed by atoms with Crippen molar-refractivity contribution in [2.24, 2.45) is 0 Å². The molecule has 0 bridgehead atoms. The smallest absolute Gasteiger partial charge is 0.135 e. The van der Waals surface area contributed by atoms with Crippen LogP contribution >= 0.6 is 0 Å². The van der Waals surface area contributed by atoms with E-state index in [0.29, 0.717) is 0 Å². The molecule has 0 N–H and O–H groups in total. The van der Waals surface area contributed by atoms with Crippen LogP contribution in [-0.2, 0) is 0 Å². The van der Waals surface area contributed by atoms with Gasteiger partial charge in [0.25, 0.3) is 0 Å². The molecular formula is C50H35NO. The van der Waals surface area contributed by atoms with E-state index in [0.717, 1.165) is 50.5 Å². The van der Waals surface area contributed by atoms with Crippen molar-refractivity contribution in [2.45, 2.75) is 0 Å². The number of nitrogens with zero attached hydrogens (tertiary/aromatic N) is 1. The van der Waals surface area contributed by atoms with Gasteiger partial charge in [0, 0.05) is 28.0 Å². The Morgan fingerprint density at radius 2 is 0.712 bits per heavy atom. The van der Waals surface area contributed by atoms with Crippen LogP contribution in [0.5, 0.6) is 0 Å². The number of anilines is 3. The molecule has 0 fully saturated rings. The van der Waals surface area contributed by atoms with Gasteiger partial charge in [-0.25, -0.2) is 0 Å².